The average Bonchev–Trinajstić information content (AvgIpc) is 2.63. The van der Waals surface area contributed by atoms with Gasteiger partial charge in [0.2, 0.25) is 0 Å². The molecule has 0 bridgehead atoms. The Bertz CT molecular complexity index is 723. The quantitative estimate of drug-likeness (QED) is 0.371. The van der Waals surface area contributed by atoms with E-state index in [0.29, 0.717) is 19.1 Å². The van der Waals surface area contributed by atoms with E-state index in [1.807, 2.05) is 49.4 Å². The lowest BCUT2D eigenvalue weighted by Gasteiger charge is -2.17. The van der Waals surface area contributed by atoms with Crippen molar-refractivity contribution < 1.29 is 14.2 Å². The van der Waals surface area contributed by atoms with E-state index in [2.05, 4.69) is 51.8 Å². The van der Waals surface area contributed by atoms with E-state index >= 15 is 0 Å². The summed E-state index contributed by atoms with van der Waals surface area (Å²) in [6.07, 6.45) is 2.95. The maximum Gasteiger partial charge on any atom is 0.127 e. The van der Waals surface area contributed by atoms with Crippen LogP contribution in [0.2, 0.25) is 0 Å². The number of benzene rings is 2. The van der Waals surface area contributed by atoms with Crippen LogP contribution in [0.15, 0.2) is 51.9 Å². The monoisotopic (exact) mass is 482 g/mol. The second kappa shape index (κ2) is 10.6. The van der Waals surface area contributed by atoms with Crippen molar-refractivity contribution >= 4 is 31.9 Å². The van der Waals surface area contributed by atoms with Gasteiger partial charge in [-0.1, -0.05) is 13.8 Å². The lowest BCUT2D eigenvalue weighted by molar-refractivity contribution is 0.339. The van der Waals surface area contributed by atoms with Crippen molar-refractivity contribution in [3.8, 4) is 23.0 Å². The zero-order chi connectivity index (χ0) is 18.9. The summed E-state index contributed by atoms with van der Waals surface area (Å²) in [6, 6.07) is 13.6. The molecule has 0 aliphatic rings. The van der Waals surface area contributed by atoms with Crippen molar-refractivity contribution in [3.05, 3.63) is 57.5 Å². The number of ether oxygens (including phenoxy) is 3. The van der Waals surface area contributed by atoms with Gasteiger partial charge in [-0.15, -0.1) is 0 Å². The second-order valence-electron chi connectivity index (χ2n) is 5.82. The predicted octanol–water partition coefficient (Wildman–Crippen LogP) is 7.40. The molecule has 0 fully saturated rings. The molecule has 140 valence electrons. The van der Waals surface area contributed by atoms with Gasteiger partial charge in [0.25, 0.3) is 0 Å². The molecule has 3 nitrogen and oxygen atoms in total. The molecule has 0 amide bonds. The number of hydrogen-bond acceptors (Lipinski definition) is 3. The topological polar surface area (TPSA) is 27.7 Å². The summed E-state index contributed by atoms with van der Waals surface area (Å²) in [5, 5.41) is 0. The van der Waals surface area contributed by atoms with Crippen LogP contribution in [0.4, 0.5) is 0 Å². The first-order chi connectivity index (χ1) is 12.5. The number of rotatable bonds is 9. The summed E-state index contributed by atoms with van der Waals surface area (Å²) in [5.74, 6) is 3.69. The van der Waals surface area contributed by atoms with Crippen molar-refractivity contribution in [3.63, 3.8) is 0 Å². The zero-order valence-corrected chi connectivity index (χ0v) is 18.5. The Morgan fingerprint density at radius 3 is 2.23 bits per heavy atom. The molecule has 0 aromatic heterocycles. The van der Waals surface area contributed by atoms with Crippen molar-refractivity contribution in [2.45, 2.75) is 33.1 Å². The molecule has 2 aromatic rings. The van der Waals surface area contributed by atoms with Gasteiger partial charge >= 0.3 is 0 Å². The maximum atomic E-state index is 6.01. The van der Waals surface area contributed by atoms with Gasteiger partial charge in [0.15, 0.2) is 0 Å². The third-order valence-electron chi connectivity index (χ3n) is 3.97. The highest BCUT2D eigenvalue weighted by Gasteiger charge is 2.12. The molecule has 0 heterocycles. The van der Waals surface area contributed by atoms with Crippen LogP contribution in [0.25, 0.3) is 0 Å². The van der Waals surface area contributed by atoms with Crippen molar-refractivity contribution in [2.24, 2.45) is 0 Å². The molecule has 0 saturated carbocycles. The molecular formula is C21H24Br2O3. The number of hydrogen-bond donors (Lipinski definition) is 0. The molecule has 0 N–H and O–H groups in total. The molecule has 0 aliphatic heterocycles. The van der Waals surface area contributed by atoms with E-state index in [0.717, 1.165) is 38.4 Å². The van der Waals surface area contributed by atoms with E-state index in [4.69, 9.17) is 14.2 Å². The highest BCUT2D eigenvalue weighted by atomic mass is 79.9. The van der Waals surface area contributed by atoms with Crippen molar-refractivity contribution in [1.29, 1.82) is 0 Å². The smallest absolute Gasteiger partial charge is 0.127 e. The Morgan fingerprint density at radius 2 is 1.62 bits per heavy atom. The Morgan fingerprint density at radius 1 is 0.962 bits per heavy atom. The Balaban J connectivity index is 2.17. The molecular weight excluding hydrogens is 460 g/mol. The number of halogens is 2. The average molecular weight is 484 g/mol. The third-order valence-corrected chi connectivity index (χ3v) is 4.62. The van der Waals surface area contributed by atoms with E-state index in [1.165, 1.54) is 0 Å². The summed E-state index contributed by atoms with van der Waals surface area (Å²) in [6.45, 7) is 7.48. The van der Waals surface area contributed by atoms with Crippen LogP contribution in [-0.2, 0) is 0 Å². The summed E-state index contributed by atoms with van der Waals surface area (Å²) in [7, 11) is 0. The molecule has 26 heavy (non-hydrogen) atoms. The molecule has 5 heteroatoms. The lowest BCUT2D eigenvalue weighted by Crippen LogP contribution is -2.01. The van der Waals surface area contributed by atoms with Gasteiger partial charge in [0, 0.05) is 5.56 Å². The lowest BCUT2D eigenvalue weighted by atomic mass is 9.97. The minimum absolute atomic E-state index is 0.380. The second-order valence-corrected chi connectivity index (χ2v) is 8.59. The molecule has 1 atom stereocenters. The van der Waals surface area contributed by atoms with Gasteiger partial charge in [0.05, 0.1) is 10.00 Å². The minimum atomic E-state index is 0.380. The molecule has 1 unspecified atom stereocenters. The molecule has 2 aromatic carbocycles. The van der Waals surface area contributed by atoms with E-state index in [1.54, 1.807) is 0 Å². The fraction of sp³-hybridized carbons (Fsp3) is 0.333. The standard InChI is InChI=1S/C21H24Br2O3/c1-4-15(3)19-14-18(10-11-20(19)25-13-12-21(22)23)26-17-8-6-16(7-9-17)24-5-2/h6-12,14-15H,4-5,13H2,1-3H3. The summed E-state index contributed by atoms with van der Waals surface area (Å²) < 4.78 is 18.3. The van der Waals surface area contributed by atoms with Crippen LogP contribution >= 0.6 is 31.9 Å². The van der Waals surface area contributed by atoms with Gasteiger partial charge in [-0.3, -0.25) is 0 Å². The SMILES string of the molecule is CCOc1ccc(Oc2ccc(OCC=C(Br)Br)c(C(C)CC)c2)cc1. The Hall–Kier alpha value is -1.46. The Kier molecular flexibility index (Phi) is 8.52. The highest BCUT2D eigenvalue weighted by molar-refractivity contribution is 9.28. The first kappa shape index (κ1) is 20.8. The van der Waals surface area contributed by atoms with Gasteiger partial charge < -0.3 is 14.2 Å². The third kappa shape index (κ3) is 6.36. The normalized spacial score (nSPS) is 11.6. The zero-order valence-electron chi connectivity index (χ0n) is 15.3. The highest BCUT2D eigenvalue weighted by Crippen LogP contribution is 2.34. The van der Waals surface area contributed by atoms with E-state index in [9.17, 15) is 0 Å². The molecule has 2 rings (SSSR count). The van der Waals surface area contributed by atoms with E-state index in [-0.39, 0.29) is 0 Å². The van der Waals surface area contributed by atoms with Gasteiger partial charge in [-0.25, -0.2) is 0 Å². The largest absolute Gasteiger partial charge is 0.494 e. The Labute approximate surface area is 172 Å². The summed E-state index contributed by atoms with van der Waals surface area (Å²) >= 11 is 6.68. The van der Waals surface area contributed by atoms with Crippen molar-refractivity contribution in [2.75, 3.05) is 13.2 Å². The van der Waals surface area contributed by atoms with Crippen LogP contribution in [0.5, 0.6) is 23.0 Å². The minimum Gasteiger partial charge on any atom is -0.494 e. The first-order valence-corrected chi connectivity index (χ1v) is 10.3. The van der Waals surface area contributed by atoms with Gasteiger partial charge in [0.1, 0.15) is 29.6 Å². The van der Waals surface area contributed by atoms with Crippen LogP contribution in [0.1, 0.15) is 38.7 Å². The van der Waals surface area contributed by atoms with Crippen LogP contribution < -0.4 is 14.2 Å². The fourth-order valence-corrected chi connectivity index (χ4v) is 2.69. The summed E-state index contributed by atoms with van der Waals surface area (Å²) in [5.41, 5.74) is 1.15. The molecule has 0 aliphatic carbocycles. The van der Waals surface area contributed by atoms with Crippen LogP contribution in [0, 0.1) is 0 Å². The predicted molar refractivity (Wildman–Crippen MR) is 114 cm³/mol. The van der Waals surface area contributed by atoms with E-state index < -0.39 is 0 Å². The van der Waals surface area contributed by atoms with Crippen molar-refractivity contribution in [1.82, 2.24) is 0 Å². The molecule has 0 radical (unpaired) electrons. The molecule has 0 saturated heterocycles. The van der Waals surface area contributed by atoms with Gasteiger partial charge in [-0.05, 0) is 99.7 Å². The van der Waals surface area contributed by atoms with Crippen LogP contribution in [-0.4, -0.2) is 13.2 Å². The fourth-order valence-electron chi connectivity index (χ4n) is 2.43. The molecule has 0 spiro atoms. The summed E-state index contributed by atoms with van der Waals surface area (Å²) in [4.78, 5) is 0. The van der Waals surface area contributed by atoms with Gasteiger partial charge in [-0.2, -0.15) is 0 Å². The maximum absolute atomic E-state index is 6.01. The van der Waals surface area contributed by atoms with Crippen LogP contribution in [0.3, 0.4) is 0 Å². The first-order valence-electron chi connectivity index (χ1n) is 8.72.